The van der Waals surface area contributed by atoms with Gasteiger partial charge in [0.05, 0.1) is 4.62 Å². The van der Waals surface area contributed by atoms with E-state index in [9.17, 15) is 0 Å². The minimum Gasteiger partial charge on any atom is -0.298 e. The van der Waals surface area contributed by atoms with Gasteiger partial charge in [0.2, 0.25) is 0 Å². The summed E-state index contributed by atoms with van der Waals surface area (Å²) in [6, 6.07) is 0. The smallest absolute Gasteiger partial charge is 0.0739 e. The van der Waals surface area contributed by atoms with Gasteiger partial charge in [-0.1, -0.05) is 13.3 Å². The molecule has 0 heterocycles. The fourth-order valence-corrected chi connectivity index (χ4v) is 0.616. The molecule has 6 heavy (non-hydrogen) atoms. The summed E-state index contributed by atoms with van der Waals surface area (Å²) >= 11 is 3.02. The van der Waals surface area contributed by atoms with Crippen LogP contribution in [0.1, 0.15) is 19.8 Å². The molecule has 0 unspecified atom stereocenters. The van der Waals surface area contributed by atoms with E-state index in [-0.39, 0.29) is 0 Å². The normalized spacial score (nSPS) is 8.33. The number of halogens is 1. The average Bonchev–Trinajstić information content (AvgIpc) is 1.35. The molecule has 0 aromatic carbocycles. The third kappa shape index (κ3) is 4.15. The van der Waals surface area contributed by atoms with Crippen LogP contribution in [-0.4, -0.2) is 4.62 Å². The number of nitrogens with one attached hydrogen (secondary N) is 1. The molecule has 0 rings (SSSR count). The third-order valence-corrected chi connectivity index (χ3v) is 0.866. The summed E-state index contributed by atoms with van der Waals surface area (Å²) in [5, 5.41) is 6.81. The maximum Gasteiger partial charge on any atom is 0.0739 e. The molecule has 0 aliphatic carbocycles. The van der Waals surface area contributed by atoms with Crippen LogP contribution in [0, 0.1) is 5.41 Å². The lowest BCUT2D eigenvalue weighted by Gasteiger charge is -1.82. The summed E-state index contributed by atoms with van der Waals surface area (Å²) in [6.45, 7) is 2.05. The van der Waals surface area contributed by atoms with Crippen molar-refractivity contribution in [2.45, 2.75) is 19.8 Å². The van der Waals surface area contributed by atoms with E-state index in [1.807, 2.05) is 0 Å². The van der Waals surface area contributed by atoms with Gasteiger partial charge < -0.3 is 0 Å². The lowest BCUT2D eigenvalue weighted by atomic mass is 10.4. The highest BCUT2D eigenvalue weighted by molar-refractivity contribution is 9.18. The molecule has 2 heteroatoms. The maximum absolute atomic E-state index is 6.81. The van der Waals surface area contributed by atoms with Gasteiger partial charge in [-0.2, -0.15) is 0 Å². The first-order chi connectivity index (χ1) is 2.77. The van der Waals surface area contributed by atoms with Crippen LogP contribution >= 0.6 is 15.9 Å². The third-order valence-electron chi connectivity index (χ3n) is 0.469. The van der Waals surface area contributed by atoms with E-state index >= 15 is 0 Å². The van der Waals surface area contributed by atoms with Crippen LogP contribution in [0.25, 0.3) is 0 Å². The topological polar surface area (TPSA) is 23.9 Å². The van der Waals surface area contributed by atoms with Crippen LogP contribution in [0.15, 0.2) is 0 Å². The Morgan fingerprint density at radius 2 is 2.33 bits per heavy atom. The lowest BCUT2D eigenvalue weighted by Crippen LogP contribution is -1.77. The minimum absolute atomic E-state index is 0.602. The maximum atomic E-state index is 6.81. The molecular formula is C4H8BrN. The van der Waals surface area contributed by atoms with Gasteiger partial charge in [0.25, 0.3) is 0 Å². The Morgan fingerprint density at radius 3 is 2.33 bits per heavy atom. The Hall–Kier alpha value is 0.150. The highest BCUT2D eigenvalue weighted by atomic mass is 79.9. The van der Waals surface area contributed by atoms with Gasteiger partial charge in [0.15, 0.2) is 0 Å². The summed E-state index contributed by atoms with van der Waals surface area (Å²) in [7, 11) is 0. The zero-order chi connectivity index (χ0) is 4.99. The van der Waals surface area contributed by atoms with Crippen molar-refractivity contribution in [2.75, 3.05) is 0 Å². The van der Waals surface area contributed by atoms with E-state index in [4.69, 9.17) is 5.41 Å². The number of hydrogen-bond acceptors (Lipinski definition) is 1. The zero-order valence-electron chi connectivity index (χ0n) is 3.79. The zero-order valence-corrected chi connectivity index (χ0v) is 5.38. The Labute approximate surface area is 46.4 Å². The van der Waals surface area contributed by atoms with Gasteiger partial charge in [-0.3, -0.25) is 5.41 Å². The lowest BCUT2D eigenvalue weighted by molar-refractivity contribution is 1.00. The van der Waals surface area contributed by atoms with Gasteiger partial charge in [-0.15, -0.1) is 0 Å². The van der Waals surface area contributed by atoms with Gasteiger partial charge in [-0.05, 0) is 22.4 Å². The van der Waals surface area contributed by atoms with Crippen LogP contribution in [0.4, 0.5) is 0 Å². The van der Waals surface area contributed by atoms with E-state index in [0.717, 1.165) is 12.8 Å². The minimum atomic E-state index is 0.602. The SMILES string of the molecule is CCCC(=N)Br. The second-order valence-corrected chi connectivity index (χ2v) is 2.11. The quantitative estimate of drug-likeness (QED) is 0.583. The second kappa shape index (κ2) is 3.34. The molecule has 0 atom stereocenters. The molecule has 1 nitrogen and oxygen atoms in total. The number of rotatable bonds is 2. The van der Waals surface area contributed by atoms with E-state index < -0.39 is 0 Å². The highest BCUT2D eigenvalue weighted by Crippen LogP contribution is 1.94. The Kier molecular flexibility index (Phi) is 3.43. The van der Waals surface area contributed by atoms with Gasteiger partial charge in [0, 0.05) is 0 Å². The van der Waals surface area contributed by atoms with Crippen molar-refractivity contribution >= 4 is 20.6 Å². The van der Waals surface area contributed by atoms with Crippen molar-refractivity contribution in [1.29, 1.82) is 5.41 Å². The van der Waals surface area contributed by atoms with E-state index in [1.54, 1.807) is 0 Å². The Bertz CT molecular complexity index is 51.5. The Balaban J connectivity index is 2.83. The van der Waals surface area contributed by atoms with Gasteiger partial charge in [-0.25, -0.2) is 0 Å². The molecule has 0 aromatic rings. The van der Waals surface area contributed by atoms with Crippen LogP contribution in [0.2, 0.25) is 0 Å². The molecule has 0 saturated heterocycles. The monoisotopic (exact) mass is 149 g/mol. The molecule has 36 valence electrons. The molecule has 0 aromatic heterocycles. The molecule has 0 aliphatic heterocycles. The van der Waals surface area contributed by atoms with Crippen LogP contribution < -0.4 is 0 Å². The molecular weight excluding hydrogens is 142 g/mol. The largest absolute Gasteiger partial charge is 0.298 e. The first-order valence-corrected chi connectivity index (χ1v) is 2.79. The van der Waals surface area contributed by atoms with Crippen molar-refractivity contribution in [3.8, 4) is 0 Å². The van der Waals surface area contributed by atoms with E-state index in [2.05, 4.69) is 22.9 Å². The van der Waals surface area contributed by atoms with Crippen molar-refractivity contribution in [3.63, 3.8) is 0 Å². The first kappa shape index (κ1) is 6.15. The van der Waals surface area contributed by atoms with Crippen LogP contribution in [0.5, 0.6) is 0 Å². The van der Waals surface area contributed by atoms with E-state index in [1.165, 1.54) is 0 Å². The highest BCUT2D eigenvalue weighted by Gasteiger charge is 1.81. The second-order valence-electron chi connectivity index (χ2n) is 1.15. The first-order valence-electron chi connectivity index (χ1n) is 2.00. The average molecular weight is 150 g/mol. The molecule has 0 radical (unpaired) electrons. The summed E-state index contributed by atoms with van der Waals surface area (Å²) in [5.41, 5.74) is 0. The van der Waals surface area contributed by atoms with Crippen molar-refractivity contribution in [1.82, 2.24) is 0 Å². The van der Waals surface area contributed by atoms with Crippen molar-refractivity contribution < 1.29 is 0 Å². The summed E-state index contributed by atoms with van der Waals surface area (Å²) in [6.07, 6.45) is 1.93. The predicted molar refractivity (Wildman–Crippen MR) is 31.6 cm³/mol. The summed E-state index contributed by atoms with van der Waals surface area (Å²) < 4.78 is 0.602. The van der Waals surface area contributed by atoms with Crippen LogP contribution in [-0.2, 0) is 0 Å². The van der Waals surface area contributed by atoms with E-state index in [0.29, 0.717) is 4.62 Å². The number of hydrogen-bond donors (Lipinski definition) is 1. The standard InChI is InChI=1S/C4H8BrN/c1-2-3-4(5)6/h6H,2-3H2,1H3. The van der Waals surface area contributed by atoms with Crippen LogP contribution in [0.3, 0.4) is 0 Å². The van der Waals surface area contributed by atoms with Gasteiger partial charge in [0.1, 0.15) is 0 Å². The molecule has 0 fully saturated rings. The van der Waals surface area contributed by atoms with Gasteiger partial charge >= 0.3 is 0 Å². The van der Waals surface area contributed by atoms with Crippen molar-refractivity contribution in [2.24, 2.45) is 0 Å². The molecule has 0 bridgehead atoms. The molecule has 0 aliphatic rings. The summed E-state index contributed by atoms with van der Waals surface area (Å²) in [5.74, 6) is 0. The summed E-state index contributed by atoms with van der Waals surface area (Å²) in [4.78, 5) is 0. The van der Waals surface area contributed by atoms with Crippen molar-refractivity contribution in [3.05, 3.63) is 0 Å². The molecule has 0 amide bonds. The fraction of sp³-hybridized carbons (Fsp3) is 0.750. The molecule has 0 spiro atoms. The molecule has 0 saturated carbocycles. The molecule has 1 N–H and O–H groups in total. The Morgan fingerprint density at radius 1 is 1.83 bits per heavy atom. The predicted octanol–water partition coefficient (Wildman–Crippen LogP) is 2.16. The fourth-order valence-electron chi connectivity index (χ4n) is 0.219.